The second kappa shape index (κ2) is 5.23. The number of halogens is 1. The maximum absolute atomic E-state index is 4.54. The molecule has 0 aromatic carbocycles. The second-order valence-corrected chi connectivity index (χ2v) is 4.23. The smallest absolute Gasteiger partial charge is 0.110 e. The summed E-state index contributed by atoms with van der Waals surface area (Å²) in [4.78, 5) is 11.8. The lowest BCUT2D eigenvalue weighted by Gasteiger charge is -1.95. The monoisotopic (exact) mass is 280 g/mol. The van der Waals surface area contributed by atoms with Crippen LogP contribution in [0.2, 0.25) is 0 Å². The first-order valence-corrected chi connectivity index (χ1v) is 5.90. The molecule has 0 amide bonds. The lowest BCUT2D eigenvalue weighted by molar-refractivity contribution is 0.764. The zero-order valence-corrected chi connectivity index (χ0v) is 10.6. The summed E-state index contributed by atoms with van der Waals surface area (Å²) in [7, 11) is 1.93. The van der Waals surface area contributed by atoms with Gasteiger partial charge < -0.3 is 10.3 Å². The molecular weight excluding hydrogens is 268 g/mol. The highest BCUT2D eigenvalue weighted by molar-refractivity contribution is 9.10. The fourth-order valence-electron chi connectivity index (χ4n) is 1.45. The van der Waals surface area contributed by atoms with Crippen molar-refractivity contribution >= 4 is 15.9 Å². The van der Waals surface area contributed by atoms with Gasteiger partial charge in [0, 0.05) is 30.9 Å². The lowest BCUT2D eigenvalue weighted by Crippen LogP contribution is -2.11. The van der Waals surface area contributed by atoms with Gasteiger partial charge in [0.15, 0.2) is 0 Å². The molecule has 0 atom stereocenters. The predicted molar refractivity (Wildman–Crippen MR) is 67.1 cm³/mol. The zero-order valence-electron chi connectivity index (χ0n) is 9.00. The van der Waals surface area contributed by atoms with Gasteiger partial charge in [-0.25, -0.2) is 4.98 Å². The van der Waals surface area contributed by atoms with Crippen molar-refractivity contribution in [2.75, 3.05) is 13.6 Å². The van der Waals surface area contributed by atoms with Crippen molar-refractivity contribution in [3.05, 3.63) is 35.0 Å². The maximum atomic E-state index is 4.54. The molecule has 0 saturated heterocycles. The van der Waals surface area contributed by atoms with Crippen LogP contribution in [0, 0.1) is 0 Å². The first-order chi connectivity index (χ1) is 7.81. The van der Waals surface area contributed by atoms with Crippen LogP contribution in [0.5, 0.6) is 0 Å². The van der Waals surface area contributed by atoms with Crippen molar-refractivity contribution in [1.82, 2.24) is 20.3 Å². The number of H-pyrrole nitrogens is 1. The standard InChI is InChI=1S/C11H13BrN4/c1-13-6-4-9-15-10(11(12)16-9)8-3-2-5-14-7-8/h2-3,5,7,13H,4,6H2,1H3,(H,15,16). The molecule has 4 nitrogen and oxygen atoms in total. The van der Waals surface area contributed by atoms with Gasteiger partial charge in [-0.05, 0) is 35.1 Å². The summed E-state index contributed by atoms with van der Waals surface area (Å²) in [5, 5.41) is 3.10. The molecule has 0 aliphatic rings. The summed E-state index contributed by atoms with van der Waals surface area (Å²) < 4.78 is 0.909. The summed E-state index contributed by atoms with van der Waals surface area (Å²) in [6.45, 7) is 0.909. The number of hydrogen-bond acceptors (Lipinski definition) is 3. The second-order valence-electron chi connectivity index (χ2n) is 3.44. The van der Waals surface area contributed by atoms with E-state index in [0.29, 0.717) is 0 Å². The van der Waals surface area contributed by atoms with Crippen molar-refractivity contribution in [2.45, 2.75) is 6.42 Å². The molecule has 0 spiro atoms. The van der Waals surface area contributed by atoms with E-state index in [1.165, 1.54) is 0 Å². The molecule has 0 bridgehead atoms. The van der Waals surface area contributed by atoms with E-state index in [4.69, 9.17) is 0 Å². The Balaban J connectivity index is 2.25. The maximum Gasteiger partial charge on any atom is 0.110 e. The van der Waals surface area contributed by atoms with E-state index in [-0.39, 0.29) is 0 Å². The minimum absolute atomic E-state index is 0.884. The average Bonchev–Trinajstić information content (AvgIpc) is 2.69. The Hall–Kier alpha value is -1.20. The van der Waals surface area contributed by atoms with E-state index >= 15 is 0 Å². The summed E-state index contributed by atoms with van der Waals surface area (Å²) in [6.07, 6.45) is 4.45. The Bertz CT molecular complexity index is 452. The number of aromatic nitrogens is 3. The van der Waals surface area contributed by atoms with E-state index in [9.17, 15) is 0 Å². The minimum atomic E-state index is 0.884. The number of nitrogens with one attached hydrogen (secondary N) is 2. The lowest BCUT2D eigenvalue weighted by atomic mass is 10.2. The average molecular weight is 281 g/mol. The van der Waals surface area contributed by atoms with Gasteiger partial charge in [0.2, 0.25) is 0 Å². The normalized spacial score (nSPS) is 10.6. The van der Waals surface area contributed by atoms with Gasteiger partial charge in [-0.2, -0.15) is 0 Å². The Morgan fingerprint density at radius 3 is 3.06 bits per heavy atom. The van der Waals surface area contributed by atoms with E-state index in [0.717, 1.165) is 34.7 Å². The molecule has 16 heavy (non-hydrogen) atoms. The number of hydrogen-bond donors (Lipinski definition) is 2. The Morgan fingerprint density at radius 1 is 1.50 bits per heavy atom. The van der Waals surface area contributed by atoms with Crippen molar-refractivity contribution in [1.29, 1.82) is 0 Å². The molecule has 2 N–H and O–H groups in total. The van der Waals surface area contributed by atoms with E-state index in [2.05, 4.69) is 36.2 Å². The minimum Gasteiger partial charge on any atom is -0.336 e. The van der Waals surface area contributed by atoms with Crippen LogP contribution in [0.4, 0.5) is 0 Å². The molecule has 0 aliphatic carbocycles. The van der Waals surface area contributed by atoms with Crippen molar-refractivity contribution in [3.8, 4) is 11.3 Å². The van der Waals surface area contributed by atoms with E-state index < -0.39 is 0 Å². The highest BCUT2D eigenvalue weighted by Crippen LogP contribution is 2.24. The Kier molecular flexibility index (Phi) is 3.69. The molecule has 2 rings (SSSR count). The number of imidazole rings is 1. The fourth-order valence-corrected chi connectivity index (χ4v) is 2.00. The van der Waals surface area contributed by atoms with Gasteiger partial charge >= 0.3 is 0 Å². The summed E-state index contributed by atoms with van der Waals surface area (Å²) in [5.74, 6) is 0.972. The van der Waals surface area contributed by atoms with Gasteiger partial charge in [-0.15, -0.1) is 0 Å². The summed E-state index contributed by atoms with van der Waals surface area (Å²) in [5.41, 5.74) is 1.93. The van der Waals surface area contributed by atoms with Crippen LogP contribution >= 0.6 is 15.9 Å². The Morgan fingerprint density at radius 2 is 2.38 bits per heavy atom. The predicted octanol–water partition coefficient (Wildman–Crippen LogP) is 2.00. The largest absolute Gasteiger partial charge is 0.336 e. The van der Waals surface area contributed by atoms with E-state index in [1.54, 1.807) is 6.20 Å². The van der Waals surface area contributed by atoms with E-state index in [1.807, 2.05) is 25.4 Å². The third kappa shape index (κ3) is 2.48. The molecule has 0 fully saturated rings. The van der Waals surface area contributed by atoms with Crippen molar-refractivity contribution < 1.29 is 0 Å². The summed E-state index contributed by atoms with van der Waals surface area (Å²) in [6, 6.07) is 3.90. The summed E-state index contributed by atoms with van der Waals surface area (Å²) >= 11 is 3.48. The van der Waals surface area contributed by atoms with Gasteiger partial charge in [0.25, 0.3) is 0 Å². The third-order valence-corrected chi connectivity index (χ3v) is 2.83. The molecule has 2 heterocycles. The van der Waals surface area contributed by atoms with Crippen LogP contribution < -0.4 is 5.32 Å². The topological polar surface area (TPSA) is 53.6 Å². The number of aromatic amines is 1. The highest BCUT2D eigenvalue weighted by Gasteiger charge is 2.09. The first-order valence-electron chi connectivity index (χ1n) is 5.10. The third-order valence-electron chi connectivity index (χ3n) is 2.26. The molecular formula is C11H13BrN4. The van der Waals surface area contributed by atoms with Crippen LogP contribution in [0.15, 0.2) is 29.1 Å². The van der Waals surface area contributed by atoms with Crippen molar-refractivity contribution in [3.63, 3.8) is 0 Å². The molecule has 84 valence electrons. The number of pyridine rings is 1. The molecule has 0 aliphatic heterocycles. The zero-order chi connectivity index (χ0) is 11.4. The number of nitrogens with zero attached hydrogens (tertiary/aromatic N) is 2. The quantitative estimate of drug-likeness (QED) is 0.901. The SMILES string of the molecule is CNCCc1nc(-c2cccnc2)c(Br)[nH]1. The van der Waals surface area contributed by atoms with Gasteiger partial charge in [0.1, 0.15) is 16.1 Å². The van der Waals surface area contributed by atoms with Crippen LogP contribution in [0.3, 0.4) is 0 Å². The molecule has 0 unspecified atom stereocenters. The molecule has 5 heteroatoms. The van der Waals surface area contributed by atoms with Crippen LogP contribution in [-0.4, -0.2) is 28.5 Å². The Labute approximate surface area is 103 Å². The molecule has 2 aromatic heterocycles. The van der Waals surface area contributed by atoms with Crippen LogP contribution in [0.1, 0.15) is 5.82 Å². The van der Waals surface area contributed by atoms with Gasteiger partial charge in [-0.1, -0.05) is 0 Å². The fraction of sp³-hybridized carbons (Fsp3) is 0.273. The van der Waals surface area contributed by atoms with Crippen LogP contribution in [0.25, 0.3) is 11.3 Å². The number of rotatable bonds is 4. The molecule has 2 aromatic rings. The van der Waals surface area contributed by atoms with Gasteiger partial charge in [0.05, 0.1) is 0 Å². The molecule has 0 saturated carbocycles. The number of likely N-dealkylation sites (N-methyl/N-ethyl adjacent to an activating group) is 1. The van der Waals surface area contributed by atoms with Crippen molar-refractivity contribution in [2.24, 2.45) is 0 Å². The van der Waals surface area contributed by atoms with Crippen LogP contribution in [-0.2, 0) is 6.42 Å². The first kappa shape index (κ1) is 11.3. The highest BCUT2D eigenvalue weighted by atomic mass is 79.9. The van der Waals surface area contributed by atoms with Gasteiger partial charge in [-0.3, -0.25) is 4.98 Å². The molecule has 0 radical (unpaired) electrons.